The minimum atomic E-state index is -0.0513. The van der Waals surface area contributed by atoms with Crippen LogP contribution in [0.4, 0.5) is 0 Å². The maximum atomic E-state index is 11.7. The van der Waals surface area contributed by atoms with Gasteiger partial charge in [-0.15, -0.1) is 0 Å². The Kier molecular flexibility index (Phi) is 3.75. The summed E-state index contributed by atoms with van der Waals surface area (Å²) in [7, 11) is 0. The summed E-state index contributed by atoms with van der Waals surface area (Å²) in [5.41, 5.74) is -0.0513. The molecular weight excluding hydrogens is 172 g/mol. The molecule has 0 saturated heterocycles. The molecule has 0 heterocycles. The van der Waals surface area contributed by atoms with Gasteiger partial charge in [-0.2, -0.15) is 0 Å². The molecule has 1 aliphatic rings. The van der Waals surface area contributed by atoms with Gasteiger partial charge in [-0.25, -0.2) is 0 Å². The van der Waals surface area contributed by atoms with Crippen LogP contribution in [0.5, 0.6) is 0 Å². The van der Waals surface area contributed by atoms with Crippen molar-refractivity contribution in [2.45, 2.75) is 52.9 Å². The average Bonchev–Trinajstić information content (AvgIpc) is 2.14. The Morgan fingerprint density at radius 1 is 1.14 bits per heavy atom. The standard InChI is InChI=1S/C13H20O/c1-13(2,3)10-9-12(14)11-7-5-4-6-8-11/h11H,4-8H2,1-3H3. The van der Waals surface area contributed by atoms with E-state index in [0.29, 0.717) is 0 Å². The lowest BCUT2D eigenvalue weighted by Gasteiger charge is -2.17. The summed E-state index contributed by atoms with van der Waals surface area (Å²) >= 11 is 0. The summed E-state index contributed by atoms with van der Waals surface area (Å²) in [4.78, 5) is 11.7. The summed E-state index contributed by atoms with van der Waals surface area (Å²) in [5.74, 6) is 6.22. The maximum absolute atomic E-state index is 11.7. The molecule has 0 aliphatic heterocycles. The van der Waals surface area contributed by atoms with E-state index in [1.807, 2.05) is 20.8 Å². The molecule has 0 amide bonds. The molecular formula is C13H20O. The minimum Gasteiger partial charge on any atom is -0.285 e. The average molecular weight is 192 g/mol. The van der Waals surface area contributed by atoms with Gasteiger partial charge in [0.15, 0.2) is 0 Å². The van der Waals surface area contributed by atoms with Crippen LogP contribution in [-0.2, 0) is 4.79 Å². The number of hydrogen-bond acceptors (Lipinski definition) is 1. The van der Waals surface area contributed by atoms with Crippen LogP contribution in [0, 0.1) is 23.2 Å². The van der Waals surface area contributed by atoms with Gasteiger partial charge in [-0.05, 0) is 39.5 Å². The Morgan fingerprint density at radius 2 is 1.71 bits per heavy atom. The molecule has 78 valence electrons. The van der Waals surface area contributed by atoms with E-state index in [4.69, 9.17) is 0 Å². The monoisotopic (exact) mass is 192 g/mol. The van der Waals surface area contributed by atoms with Crippen molar-refractivity contribution in [3.05, 3.63) is 0 Å². The van der Waals surface area contributed by atoms with Crippen LogP contribution >= 0.6 is 0 Å². The maximum Gasteiger partial charge on any atom is 0.208 e. The van der Waals surface area contributed by atoms with Crippen molar-refractivity contribution >= 4 is 5.78 Å². The topological polar surface area (TPSA) is 17.1 Å². The minimum absolute atomic E-state index is 0.0513. The van der Waals surface area contributed by atoms with E-state index in [-0.39, 0.29) is 17.1 Å². The lowest BCUT2D eigenvalue weighted by atomic mass is 9.86. The number of carbonyl (C=O) groups excluding carboxylic acids is 1. The molecule has 0 spiro atoms. The van der Waals surface area contributed by atoms with Crippen LogP contribution < -0.4 is 0 Å². The largest absolute Gasteiger partial charge is 0.285 e. The summed E-state index contributed by atoms with van der Waals surface area (Å²) < 4.78 is 0. The summed E-state index contributed by atoms with van der Waals surface area (Å²) in [6.07, 6.45) is 5.80. The second-order valence-corrected chi connectivity index (χ2v) is 5.20. The molecule has 0 bridgehead atoms. The van der Waals surface area contributed by atoms with Gasteiger partial charge in [-0.3, -0.25) is 4.79 Å². The highest BCUT2D eigenvalue weighted by Gasteiger charge is 2.19. The SMILES string of the molecule is CC(C)(C)C#CC(=O)C1CCCCC1. The fraction of sp³-hybridized carbons (Fsp3) is 0.769. The molecule has 1 saturated carbocycles. The normalized spacial score (nSPS) is 18.5. The Morgan fingerprint density at radius 3 is 2.21 bits per heavy atom. The van der Waals surface area contributed by atoms with Crippen LogP contribution in [0.1, 0.15) is 52.9 Å². The van der Waals surface area contributed by atoms with E-state index in [1.165, 1.54) is 19.3 Å². The molecule has 0 aromatic carbocycles. The highest BCUT2D eigenvalue weighted by molar-refractivity contribution is 5.97. The third-order valence-corrected chi connectivity index (χ3v) is 2.54. The van der Waals surface area contributed by atoms with Crippen LogP contribution in [0.2, 0.25) is 0 Å². The summed E-state index contributed by atoms with van der Waals surface area (Å²) in [6.45, 7) is 6.11. The van der Waals surface area contributed by atoms with Crippen molar-refractivity contribution < 1.29 is 4.79 Å². The van der Waals surface area contributed by atoms with Crippen molar-refractivity contribution in [3.8, 4) is 11.8 Å². The molecule has 0 N–H and O–H groups in total. The van der Waals surface area contributed by atoms with E-state index in [1.54, 1.807) is 0 Å². The first-order chi connectivity index (χ1) is 6.49. The molecule has 1 rings (SSSR count). The van der Waals surface area contributed by atoms with Gasteiger partial charge in [0.05, 0.1) is 0 Å². The Bertz CT molecular complexity index is 253. The van der Waals surface area contributed by atoms with Gasteiger partial charge >= 0.3 is 0 Å². The molecule has 14 heavy (non-hydrogen) atoms. The predicted molar refractivity (Wildman–Crippen MR) is 58.8 cm³/mol. The lowest BCUT2D eigenvalue weighted by molar-refractivity contribution is -0.118. The molecule has 0 atom stereocenters. The molecule has 0 unspecified atom stereocenters. The number of Topliss-reactive ketones (excluding diaryl/α,β-unsaturated/α-hetero) is 1. The zero-order valence-corrected chi connectivity index (χ0v) is 9.52. The second kappa shape index (κ2) is 4.64. The van der Waals surface area contributed by atoms with Gasteiger partial charge in [0, 0.05) is 11.3 Å². The zero-order chi connectivity index (χ0) is 10.6. The fourth-order valence-electron chi connectivity index (χ4n) is 1.72. The van der Waals surface area contributed by atoms with E-state index in [0.717, 1.165) is 12.8 Å². The van der Waals surface area contributed by atoms with Crippen LogP contribution in [0.3, 0.4) is 0 Å². The van der Waals surface area contributed by atoms with Gasteiger partial charge in [0.1, 0.15) is 0 Å². The Hall–Kier alpha value is -0.770. The first-order valence-corrected chi connectivity index (χ1v) is 5.56. The smallest absolute Gasteiger partial charge is 0.208 e. The Labute approximate surface area is 87.3 Å². The van der Waals surface area contributed by atoms with Crippen molar-refractivity contribution in [1.82, 2.24) is 0 Å². The van der Waals surface area contributed by atoms with Crippen molar-refractivity contribution in [1.29, 1.82) is 0 Å². The van der Waals surface area contributed by atoms with Crippen molar-refractivity contribution in [2.75, 3.05) is 0 Å². The first-order valence-electron chi connectivity index (χ1n) is 5.56. The highest BCUT2D eigenvalue weighted by atomic mass is 16.1. The summed E-state index contributed by atoms with van der Waals surface area (Å²) in [5, 5.41) is 0. The van der Waals surface area contributed by atoms with Gasteiger partial charge in [0.2, 0.25) is 5.78 Å². The lowest BCUT2D eigenvalue weighted by Crippen LogP contribution is -2.16. The molecule has 1 heteroatoms. The Balaban J connectivity index is 2.51. The number of rotatable bonds is 1. The van der Waals surface area contributed by atoms with Gasteiger partial charge < -0.3 is 0 Å². The molecule has 1 nitrogen and oxygen atoms in total. The van der Waals surface area contributed by atoms with E-state index in [9.17, 15) is 4.79 Å². The fourth-order valence-corrected chi connectivity index (χ4v) is 1.72. The molecule has 0 radical (unpaired) electrons. The van der Waals surface area contributed by atoms with E-state index >= 15 is 0 Å². The van der Waals surface area contributed by atoms with Crippen molar-refractivity contribution in [2.24, 2.45) is 11.3 Å². The highest BCUT2D eigenvalue weighted by Crippen LogP contribution is 2.24. The van der Waals surface area contributed by atoms with Crippen LogP contribution in [0.25, 0.3) is 0 Å². The zero-order valence-electron chi connectivity index (χ0n) is 9.52. The first kappa shape index (κ1) is 11.3. The molecule has 0 aromatic rings. The molecule has 0 aromatic heterocycles. The quantitative estimate of drug-likeness (QED) is 0.460. The third-order valence-electron chi connectivity index (χ3n) is 2.54. The molecule has 1 aliphatic carbocycles. The number of hydrogen-bond donors (Lipinski definition) is 0. The number of carbonyl (C=O) groups is 1. The van der Waals surface area contributed by atoms with Gasteiger partial charge in [0.25, 0.3) is 0 Å². The number of ketones is 1. The second-order valence-electron chi connectivity index (χ2n) is 5.20. The van der Waals surface area contributed by atoms with Gasteiger partial charge in [-0.1, -0.05) is 25.2 Å². The van der Waals surface area contributed by atoms with Crippen LogP contribution in [-0.4, -0.2) is 5.78 Å². The van der Waals surface area contributed by atoms with Crippen LogP contribution in [0.15, 0.2) is 0 Å². The predicted octanol–water partition coefficient (Wildman–Crippen LogP) is 3.19. The third kappa shape index (κ3) is 3.96. The van der Waals surface area contributed by atoms with Crippen molar-refractivity contribution in [3.63, 3.8) is 0 Å². The molecule has 1 fully saturated rings. The summed E-state index contributed by atoms with van der Waals surface area (Å²) in [6, 6.07) is 0. The van der Waals surface area contributed by atoms with E-state index < -0.39 is 0 Å². The van der Waals surface area contributed by atoms with E-state index in [2.05, 4.69) is 11.8 Å².